The summed E-state index contributed by atoms with van der Waals surface area (Å²) in [6, 6.07) is 0. The molecule has 2 fully saturated rings. The molecule has 0 amide bonds. The van der Waals surface area contributed by atoms with E-state index >= 15 is 0 Å². The van der Waals surface area contributed by atoms with Crippen LogP contribution in [0.2, 0.25) is 0 Å². The van der Waals surface area contributed by atoms with E-state index in [1.54, 1.807) is 6.20 Å². The zero-order valence-corrected chi connectivity index (χ0v) is 12.0. The number of anilines is 2. The van der Waals surface area contributed by atoms with Crippen molar-refractivity contribution in [3.05, 3.63) is 12.4 Å². The number of nitrogens with one attached hydrogen (secondary N) is 1. The van der Waals surface area contributed by atoms with Gasteiger partial charge in [-0.2, -0.15) is 0 Å². The number of aromatic nitrogens is 2. The molecule has 1 aromatic heterocycles. The summed E-state index contributed by atoms with van der Waals surface area (Å²) in [5, 5.41) is 3.22. The Morgan fingerprint density at radius 1 is 1.32 bits per heavy atom. The summed E-state index contributed by atoms with van der Waals surface area (Å²) in [5.41, 5.74) is 0. The molecule has 0 saturated heterocycles. The molecule has 0 aromatic carbocycles. The number of nitrogens with zero attached hydrogens (tertiary/aromatic N) is 3. The highest BCUT2D eigenvalue weighted by Crippen LogP contribution is 2.48. The lowest BCUT2D eigenvalue weighted by Gasteiger charge is -2.27. The molecule has 19 heavy (non-hydrogen) atoms. The van der Waals surface area contributed by atoms with Gasteiger partial charge in [-0.15, -0.1) is 0 Å². The lowest BCUT2D eigenvalue weighted by Crippen LogP contribution is -2.29. The van der Waals surface area contributed by atoms with Crippen molar-refractivity contribution >= 4 is 11.6 Å². The highest BCUT2D eigenvalue weighted by atomic mass is 15.2. The topological polar surface area (TPSA) is 41.1 Å². The first-order valence-electron chi connectivity index (χ1n) is 7.53. The zero-order chi connectivity index (χ0) is 13.2. The Morgan fingerprint density at radius 2 is 2.21 bits per heavy atom. The number of hydrogen-bond acceptors (Lipinski definition) is 4. The molecule has 104 valence electrons. The van der Waals surface area contributed by atoms with Gasteiger partial charge < -0.3 is 10.2 Å². The molecule has 1 N–H and O–H groups in total. The van der Waals surface area contributed by atoms with Crippen molar-refractivity contribution in [1.82, 2.24) is 9.97 Å². The monoisotopic (exact) mass is 260 g/mol. The van der Waals surface area contributed by atoms with E-state index in [1.807, 2.05) is 6.20 Å². The largest absolute Gasteiger partial charge is 0.369 e. The van der Waals surface area contributed by atoms with Crippen molar-refractivity contribution in [2.45, 2.75) is 32.6 Å². The molecule has 2 saturated carbocycles. The molecular formula is C15H24N4. The Labute approximate surface area is 115 Å². The standard InChI is InChI=1S/C15H24N4/c1-3-17-14-8-16-9-15(18-14)19(2)10-13-7-11-4-5-12(13)6-11/h8-9,11-13H,3-7,10H2,1-2H3,(H,17,18). The van der Waals surface area contributed by atoms with E-state index in [0.29, 0.717) is 0 Å². The van der Waals surface area contributed by atoms with Crippen LogP contribution < -0.4 is 10.2 Å². The van der Waals surface area contributed by atoms with E-state index in [2.05, 4.69) is 34.2 Å². The van der Waals surface area contributed by atoms with Crippen LogP contribution >= 0.6 is 0 Å². The maximum absolute atomic E-state index is 4.62. The van der Waals surface area contributed by atoms with E-state index in [1.165, 1.54) is 25.7 Å². The second kappa shape index (κ2) is 5.35. The minimum atomic E-state index is 0.869. The molecule has 2 aliphatic rings. The average molecular weight is 260 g/mol. The van der Waals surface area contributed by atoms with Crippen LogP contribution in [-0.2, 0) is 0 Å². The molecule has 2 bridgehead atoms. The van der Waals surface area contributed by atoms with Crippen molar-refractivity contribution in [3.8, 4) is 0 Å². The second-order valence-corrected chi connectivity index (χ2v) is 6.11. The number of rotatable bonds is 5. The maximum Gasteiger partial charge on any atom is 0.149 e. The van der Waals surface area contributed by atoms with Gasteiger partial charge in [-0.1, -0.05) is 6.42 Å². The first kappa shape index (κ1) is 12.7. The Bertz CT molecular complexity index is 434. The predicted molar refractivity (Wildman–Crippen MR) is 78.4 cm³/mol. The molecule has 3 unspecified atom stereocenters. The molecule has 1 aromatic rings. The molecule has 0 aliphatic heterocycles. The van der Waals surface area contributed by atoms with Gasteiger partial charge >= 0.3 is 0 Å². The lowest BCUT2D eigenvalue weighted by molar-refractivity contribution is 0.337. The van der Waals surface area contributed by atoms with Gasteiger partial charge in [-0.25, -0.2) is 4.98 Å². The molecule has 2 aliphatic carbocycles. The van der Waals surface area contributed by atoms with Crippen LogP contribution in [0.4, 0.5) is 11.6 Å². The summed E-state index contributed by atoms with van der Waals surface area (Å²) in [6.45, 7) is 4.09. The summed E-state index contributed by atoms with van der Waals surface area (Å²) >= 11 is 0. The Balaban J connectivity index is 1.63. The molecule has 3 rings (SSSR count). The third-order valence-electron chi connectivity index (χ3n) is 4.76. The van der Waals surface area contributed by atoms with E-state index in [9.17, 15) is 0 Å². The van der Waals surface area contributed by atoms with Crippen molar-refractivity contribution in [2.24, 2.45) is 17.8 Å². The predicted octanol–water partition coefficient (Wildman–Crippen LogP) is 2.78. The van der Waals surface area contributed by atoms with Crippen LogP contribution in [0.15, 0.2) is 12.4 Å². The first-order chi connectivity index (χ1) is 9.26. The van der Waals surface area contributed by atoms with Gasteiger partial charge in [0.1, 0.15) is 11.6 Å². The van der Waals surface area contributed by atoms with Crippen molar-refractivity contribution in [3.63, 3.8) is 0 Å². The Hall–Kier alpha value is -1.32. The highest BCUT2D eigenvalue weighted by Gasteiger charge is 2.39. The summed E-state index contributed by atoms with van der Waals surface area (Å²) in [6.07, 6.45) is 9.48. The first-order valence-corrected chi connectivity index (χ1v) is 7.53. The van der Waals surface area contributed by atoms with E-state index in [-0.39, 0.29) is 0 Å². The van der Waals surface area contributed by atoms with Crippen LogP contribution in [0.25, 0.3) is 0 Å². The second-order valence-electron chi connectivity index (χ2n) is 6.11. The number of hydrogen-bond donors (Lipinski definition) is 1. The van der Waals surface area contributed by atoms with Crippen LogP contribution in [0, 0.1) is 17.8 Å². The van der Waals surface area contributed by atoms with Crippen LogP contribution in [0.5, 0.6) is 0 Å². The third kappa shape index (κ3) is 2.67. The molecular weight excluding hydrogens is 236 g/mol. The normalized spacial score (nSPS) is 28.6. The van der Waals surface area contributed by atoms with Crippen LogP contribution in [-0.4, -0.2) is 30.1 Å². The van der Waals surface area contributed by atoms with Gasteiger partial charge in [0.25, 0.3) is 0 Å². The van der Waals surface area contributed by atoms with E-state index < -0.39 is 0 Å². The van der Waals surface area contributed by atoms with Gasteiger partial charge in [-0.05, 0) is 43.9 Å². The average Bonchev–Trinajstić information content (AvgIpc) is 3.02. The van der Waals surface area contributed by atoms with Crippen LogP contribution in [0.1, 0.15) is 32.6 Å². The lowest BCUT2D eigenvalue weighted by atomic mass is 9.88. The summed E-state index contributed by atoms with van der Waals surface area (Å²) in [5.74, 6) is 4.72. The minimum absolute atomic E-state index is 0.869. The minimum Gasteiger partial charge on any atom is -0.369 e. The highest BCUT2D eigenvalue weighted by molar-refractivity contribution is 5.43. The van der Waals surface area contributed by atoms with Crippen molar-refractivity contribution in [2.75, 3.05) is 30.4 Å². The van der Waals surface area contributed by atoms with Gasteiger partial charge in [0, 0.05) is 20.1 Å². The number of fused-ring (bicyclic) bond motifs is 2. The van der Waals surface area contributed by atoms with Gasteiger partial charge in [0.15, 0.2) is 0 Å². The summed E-state index contributed by atoms with van der Waals surface area (Å²) < 4.78 is 0. The van der Waals surface area contributed by atoms with E-state index in [0.717, 1.165) is 42.5 Å². The fourth-order valence-corrected chi connectivity index (χ4v) is 3.85. The van der Waals surface area contributed by atoms with Gasteiger partial charge in [0.2, 0.25) is 0 Å². The molecule has 3 atom stereocenters. The summed E-state index contributed by atoms with van der Waals surface area (Å²) in [4.78, 5) is 11.2. The third-order valence-corrected chi connectivity index (χ3v) is 4.76. The molecule has 4 heteroatoms. The quantitative estimate of drug-likeness (QED) is 0.884. The van der Waals surface area contributed by atoms with Gasteiger partial charge in [0.05, 0.1) is 12.4 Å². The molecule has 1 heterocycles. The van der Waals surface area contributed by atoms with E-state index in [4.69, 9.17) is 0 Å². The Kier molecular flexibility index (Phi) is 3.58. The van der Waals surface area contributed by atoms with Crippen molar-refractivity contribution in [1.29, 1.82) is 0 Å². The van der Waals surface area contributed by atoms with Crippen molar-refractivity contribution < 1.29 is 0 Å². The zero-order valence-electron chi connectivity index (χ0n) is 12.0. The van der Waals surface area contributed by atoms with Crippen LogP contribution in [0.3, 0.4) is 0 Å². The fraction of sp³-hybridized carbons (Fsp3) is 0.733. The smallest absolute Gasteiger partial charge is 0.149 e. The Morgan fingerprint density at radius 3 is 2.89 bits per heavy atom. The SMILES string of the molecule is CCNc1cncc(N(C)CC2CC3CCC2C3)n1. The molecule has 4 nitrogen and oxygen atoms in total. The molecule has 0 radical (unpaired) electrons. The van der Waals surface area contributed by atoms with Gasteiger partial charge in [-0.3, -0.25) is 4.98 Å². The summed E-state index contributed by atoms with van der Waals surface area (Å²) in [7, 11) is 2.14. The molecule has 0 spiro atoms. The fourth-order valence-electron chi connectivity index (χ4n) is 3.85. The maximum atomic E-state index is 4.62.